The first kappa shape index (κ1) is 15.0. The molecule has 0 aliphatic carbocycles. The van der Waals surface area contributed by atoms with Crippen LogP contribution < -0.4 is 0 Å². The molecular formula is C13H16O7. The second-order valence-corrected chi connectivity index (χ2v) is 4.72. The van der Waals surface area contributed by atoms with Crippen LogP contribution in [0.1, 0.15) is 5.56 Å². The van der Waals surface area contributed by atoms with Crippen LogP contribution in [-0.2, 0) is 16.0 Å². The monoisotopic (exact) mass is 284 g/mol. The number of aliphatic hydroxyl groups excluding tert-OH is 3. The first-order chi connectivity index (χ1) is 9.35. The molecule has 0 spiro atoms. The van der Waals surface area contributed by atoms with E-state index in [0.717, 1.165) is 0 Å². The Morgan fingerprint density at radius 1 is 1.20 bits per heavy atom. The molecule has 7 nitrogen and oxygen atoms in total. The van der Waals surface area contributed by atoms with Crippen LogP contribution in [-0.4, -0.2) is 61.7 Å². The molecule has 0 aromatic heterocycles. The van der Waals surface area contributed by atoms with Gasteiger partial charge in [0.1, 0.15) is 12.2 Å². The van der Waals surface area contributed by atoms with Crippen LogP contribution in [0.15, 0.2) is 30.3 Å². The summed E-state index contributed by atoms with van der Waals surface area (Å²) in [5, 5.41) is 47.3. The fraction of sp³-hybridized carbons (Fsp3) is 0.462. The zero-order chi connectivity index (χ0) is 15.0. The van der Waals surface area contributed by atoms with Crippen molar-refractivity contribution in [3.63, 3.8) is 0 Å². The van der Waals surface area contributed by atoms with E-state index in [1.165, 1.54) is 0 Å². The van der Waals surface area contributed by atoms with Crippen LogP contribution in [0.3, 0.4) is 0 Å². The summed E-state index contributed by atoms with van der Waals surface area (Å²) in [6, 6.07) is 8.48. The molecule has 0 unspecified atom stereocenters. The summed E-state index contributed by atoms with van der Waals surface area (Å²) in [5.74, 6) is -6.05. The Bertz CT molecular complexity index is 491. The zero-order valence-corrected chi connectivity index (χ0v) is 10.5. The number of aliphatic hydroxyl groups is 5. The van der Waals surface area contributed by atoms with E-state index < -0.39 is 36.2 Å². The van der Waals surface area contributed by atoms with Gasteiger partial charge in [0, 0.05) is 6.42 Å². The van der Waals surface area contributed by atoms with Crippen LogP contribution in [0.4, 0.5) is 0 Å². The lowest BCUT2D eigenvalue weighted by Crippen LogP contribution is -2.49. The van der Waals surface area contributed by atoms with E-state index in [0.29, 0.717) is 5.56 Å². The Kier molecular flexibility index (Phi) is 3.92. The Morgan fingerprint density at radius 3 is 2.35 bits per heavy atom. The molecule has 4 atom stereocenters. The first-order valence-corrected chi connectivity index (χ1v) is 6.04. The SMILES string of the molecule is O=C(Cc1ccccc1)[C@@]1(O)O[C@]1(O)[C@H](O)[C@H](O)CO. The van der Waals surface area contributed by atoms with Gasteiger partial charge in [-0.3, -0.25) is 9.53 Å². The molecule has 2 rings (SSSR count). The van der Waals surface area contributed by atoms with Gasteiger partial charge in [-0.1, -0.05) is 30.3 Å². The third-order valence-electron chi connectivity index (χ3n) is 3.29. The molecule has 0 amide bonds. The predicted molar refractivity (Wildman–Crippen MR) is 65.2 cm³/mol. The minimum absolute atomic E-state index is 0.207. The van der Waals surface area contributed by atoms with E-state index in [1.807, 2.05) is 0 Å². The van der Waals surface area contributed by atoms with Gasteiger partial charge in [-0.2, -0.15) is 0 Å². The van der Waals surface area contributed by atoms with E-state index in [-0.39, 0.29) is 6.42 Å². The lowest BCUT2D eigenvalue weighted by atomic mass is 9.97. The maximum atomic E-state index is 11.9. The van der Waals surface area contributed by atoms with Crippen molar-refractivity contribution in [3.05, 3.63) is 35.9 Å². The molecular weight excluding hydrogens is 268 g/mol. The Morgan fingerprint density at radius 2 is 1.80 bits per heavy atom. The number of rotatable bonds is 6. The van der Waals surface area contributed by atoms with Gasteiger partial charge in [0.2, 0.25) is 5.78 Å². The molecule has 20 heavy (non-hydrogen) atoms. The average molecular weight is 284 g/mol. The summed E-state index contributed by atoms with van der Waals surface area (Å²) < 4.78 is 4.55. The fourth-order valence-electron chi connectivity index (χ4n) is 1.98. The fourth-order valence-corrected chi connectivity index (χ4v) is 1.98. The molecule has 1 aliphatic rings. The number of ketones is 1. The van der Waals surface area contributed by atoms with Crippen molar-refractivity contribution in [1.29, 1.82) is 0 Å². The predicted octanol–water partition coefficient (Wildman–Crippen LogP) is -2.08. The van der Waals surface area contributed by atoms with Crippen LogP contribution >= 0.6 is 0 Å². The number of hydrogen-bond acceptors (Lipinski definition) is 7. The van der Waals surface area contributed by atoms with Gasteiger partial charge in [-0.15, -0.1) is 0 Å². The Balaban J connectivity index is 2.08. The second-order valence-electron chi connectivity index (χ2n) is 4.72. The van der Waals surface area contributed by atoms with Gasteiger partial charge in [0.25, 0.3) is 11.6 Å². The van der Waals surface area contributed by atoms with Crippen molar-refractivity contribution >= 4 is 5.78 Å². The molecule has 1 aliphatic heterocycles. The maximum absolute atomic E-state index is 11.9. The third-order valence-corrected chi connectivity index (χ3v) is 3.29. The highest BCUT2D eigenvalue weighted by molar-refractivity contribution is 5.91. The number of Topliss-reactive ketones (excluding diaryl/α,β-unsaturated/α-hetero) is 1. The van der Waals surface area contributed by atoms with E-state index in [1.54, 1.807) is 30.3 Å². The van der Waals surface area contributed by atoms with Gasteiger partial charge in [0.15, 0.2) is 0 Å². The highest BCUT2D eigenvalue weighted by Crippen LogP contribution is 2.48. The molecule has 1 fully saturated rings. The minimum atomic E-state index is -2.61. The highest BCUT2D eigenvalue weighted by atomic mass is 16.8. The summed E-state index contributed by atoms with van der Waals surface area (Å²) in [6.45, 7) is -0.851. The summed E-state index contributed by atoms with van der Waals surface area (Å²) >= 11 is 0. The molecule has 7 heteroatoms. The molecule has 0 saturated carbocycles. The number of benzene rings is 1. The number of carbonyl (C=O) groups excluding carboxylic acids is 1. The standard InChI is InChI=1S/C13H16O7/c14-7-9(15)11(17)13(19)12(18,20-13)10(16)6-8-4-2-1-3-5-8/h1-5,9,11,14-15,17-19H,6-7H2/t9-,11-,12-,13-/m1/s1. The van der Waals surface area contributed by atoms with Crippen LogP contribution in [0.25, 0.3) is 0 Å². The quantitative estimate of drug-likeness (QED) is 0.379. The molecule has 110 valence electrons. The maximum Gasteiger partial charge on any atom is 0.288 e. The third kappa shape index (κ3) is 2.35. The normalized spacial score (nSPS) is 31.6. The highest BCUT2D eigenvalue weighted by Gasteiger charge is 2.78. The van der Waals surface area contributed by atoms with Crippen LogP contribution in [0, 0.1) is 0 Å². The van der Waals surface area contributed by atoms with Crippen molar-refractivity contribution in [1.82, 2.24) is 0 Å². The topological polar surface area (TPSA) is 131 Å². The van der Waals surface area contributed by atoms with Gasteiger partial charge >= 0.3 is 0 Å². The molecule has 0 bridgehead atoms. The van der Waals surface area contributed by atoms with Gasteiger partial charge in [0.05, 0.1) is 6.61 Å². The number of ether oxygens (including phenoxy) is 1. The molecule has 1 aromatic rings. The summed E-state index contributed by atoms with van der Waals surface area (Å²) in [5.41, 5.74) is 0.598. The zero-order valence-electron chi connectivity index (χ0n) is 10.5. The van der Waals surface area contributed by atoms with Gasteiger partial charge in [-0.25, -0.2) is 0 Å². The van der Waals surface area contributed by atoms with Crippen molar-refractivity contribution in [2.24, 2.45) is 0 Å². The number of hydrogen-bond donors (Lipinski definition) is 5. The van der Waals surface area contributed by atoms with E-state index in [9.17, 15) is 25.2 Å². The van der Waals surface area contributed by atoms with Gasteiger partial charge in [-0.05, 0) is 5.56 Å². The van der Waals surface area contributed by atoms with E-state index in [2.05, 4.69) is 4.74 Å². The second kappa shape index (κ2) is 5.21. The molecule has 1 aromatic carbocycles. The Hall–Kier alpha value is -1.35. The lowest BCUT2D eigenvalue weighted by Gasteiger charge is -2.19. The summed E-state index contributed by atoms with van der Waals surface area (Å²) in [7, 11) is 0. The van der Waals surface area contributed by atoms with Crippen molar-refractivity contribution in [2.75, 3.05) is 6.61 Å². The molecule has 1 saturated heterocycles. The smallest absolute Gasteiger partial charge is 0.288 e. The summed E-state index contributed by atoms with van der Waals surface area (Å²) in [4.78, 5) is 11.9. The van der Waals surface area contributed by atoms with Crippen LogP contribution in [0.5, 0.6) is 0 Å². The van der Waals surface area contributed by atoms with Crippen LogP contribution in [0.2, 0.25) is 0 Å². The Labute approximate surface area is 114 Å². The van der Waals surface area contributed by atoms with E-state index in [4.69, 9.17) is 5.11 Å². The average Bonchev–Trinajstić information content (AvgIpc) is 3.03. The minimum Gasteiger partial charge on any atom is -0.394 e. The molecule has 0 radical (unpaired) electrons. The van der Waals surface area contributed by atoms with Crippen molar-refractivity contribution in [2.45, 2.75) is 30.2 Å². The molecule has 5 N–H and O–H groups in total. The largest absolute Gasteiger partial charge is 0.394 e. The van der Waals surface area contributed by atoms with Crippen molar-refractivity contribution < 1.29 is 35.1 Å². The first-order valence-electron chi connectivity index (χ1n) is 6.04. The lowest BCUT2D eigenvalue weighted by molar-refractivity contribution is -0.147. The van der Waals surface area contributed by atoms with E-state index >= 15 is 0 Å². The molecule has 1 heterocycles. The van der Waals surface area contributed by atoms with Crippen molar-refractivity contribution in [3.8, 4) is 0 Å². The van der Waals surface area contributed by atoms with Gasteiger partial charge < -0.3 is 25.5 Å². The number of epoxide rings is 1. The summed E-state index contributed by atoms with van der Waals surface area (Å²) in [6.07, 6.45) is -3.95. The number of carbonyl (C=O) groups is 1.